The average Bonchev–Trinajstić information content (AvgIpc) is 2.32. The van der Waals surface area contributed by atoms with Crippen LogP contribution in [0, 0.1) is 23.4 Å². The Balaban J connectivity index is 2.80. The highest BCUT2D eigenvalue weighted by molar-refractivity contribution is 5.94. The first-order valence-electron chi connectivity index (χ1n) is 5.80. The van der Waals surface area contributed by atoms with Crippen molar-refractivity contribution in [1.82, 2.24) is 5.32 Å². The molecule has 0 radical (unpaired) electrons. The van der Waals surface area contributed by atoms with E-state index >= 15 is 0 Å². The third-order valence-electron chi connectivity index (χ3n) is 3.10. The van der Waals surface area contributed by atoms with Crippen LogP contribution in [0.3, 0.4) is 0 Å². The fraction of sp³-hybridized carbons (Fsp3) is 0.462. The van der Waals surface area contributed by atoms with Crippen molar-refractivity contribution >= 4 is 5.91 Å². The first kappa shape index (κ1) is 15.5. The highest BCUT2D eigenvalue weighted by atomic mass is 19.2. The van der Waals surface area contributed by atoms with E-state index in [-0.39, 0.29) is 18.0 Å². The molecule has 1 atom stereocenters. The molecule has 0 aliphatic carbocycles. The molecule has 0 bridgehead atoms. The van der Waals surface area contributed by atoms with Crippen LogP contribution in [0.2, 0.25) is 0 Å². The van der Waals surface area contributed by atoms with Crippen molar-refractivity contribution in [1.29, 1.82) is 0 Å². The Morgan fingerprint density at radius 3 is 2.21 bits per heavy atom. The van der Waals surface area contributed by atoms with E-state index in [9.17, 15) is 23.1 Å². The average molecular weight is 275 g/mol. The van der Waals surface area contributed by atoms with Crippen LogP contribution in [-0.2, 0) is 0 Å². The summed E-state index contributed by atoms with van der Waals surface area (Å²) in [5, 5.41) is 12.3. The van der Waals surface area contributed by atoms with Crippen molar-refractivity contribution in [3.63, 3.8) is 0 Å². The first-order valence-corrected chi connectivity index (χ1v) is 5.80. The number of hydrogen-bond acceptors (Lipinski definition) is 2. The van der Waals surface area contributed by atoms with E-state index in [0.29, 0.717) is 12.1 Å². The Kier molecular flexibility index (Phi) is 4.57. The molecule has 0 saturated carbocycles. The Morgan fingerprint density at radius 1 is 1.32 bits per heavy atom. The van der Waals surface area contributed by atoms with Gasteiger partial charge in [0.15, 0.2) is 17.5 Å². The van der Waals surface area contributed by atoms with E-state index in [1.54, 1.807) is 13.8 Å². The zero-order valence-corrected chi connectivity index (χ0v) is 10.9. The first-order chi connectivity index (χ1) is 8.65. The maximum absolute atomic E-state index is 13.0. The zero-order valence-electron chi connectivity index (χ0n) is 10.9. The molecule has 0 aromatic heterocycles. The molecular formula is C13H16F3NO2. The topological polar surface area (TPSA) is 49.3 Å². The molecule has 3 nitrogen and oxygen atoms in total. The number of carbonyl (C=O) groups is 1. The summed E-state index contributed by atoms with van der Waals surface area (Å²) in [5.41, 5.74) is -1.48. The molecule has 0 saturated heterocycles. The summed E-state index contributed by atoms with van der Waals surface area (Å²) in [4.78, 5) is 11.7. The van der Waals surface area contributed by atoms with Gasteiger partial charge in [-0.3, -0.25) is 4.79 Å². The lowest BCUT2D eigenvalue weighted by molar-refractivity contribution is 0.0142. The van der Waals surface area contributed by atoms with Gasteiger partial charge in [-0.25, -0.2) is 13.2 Å². The highest BCUT2D eigenvalue weighted by Crippen LogP contribution is 2.16. The molecule has 1 aromatic rings. The quantitative estimate of drug-likeness (QED) is 0.828. The smallest absolute Gasteiger partial charge is 0.251 e. The summed E-state index contributed by atoms with van der Waals surface area (Å²) < 4.78 is 38.7. The van der Waals surface area contributed by atoms with Crippen LogP contribution >= 0.6 is 0 Å². The number of aliphatic hydroxyl groups is 1. The molecule has 2 N–H and O–H groups in total. The maximum Gasteiger partial charge on any atom is 0.251 e. The second kappa shape index (κ2) is 5.61. The number of halogens is 3. The molecule has 0 heterocycles. The number of amides is 1. The van der Waals surface area contributed by atoms with E-state index in [4.69, 9.17) is 0 Å². The van der Waals surface area contributed by atoms with Crippen LogP contribution in [0.25, 0.3) is 0 Å². The lowest BCUT2D eigenvalue weighted by Gasteiger charge is -2.27. The van der Waals surface area contributed by atoms with E-state index < -0.39 is 29.0 Å². The summed E-state index contributed by atoms with van der Waals surface area (Å²) in [7, 11) is 0. The van der Waals surface area contributed by atoms with Crippen LogP contribution in [0.5, 0.6) is 0 Å². The summed E-state index contributed by atoms with van der Waals surface area (Å²) in [5.74, 6) is -5.37. The van der Waals surface area contributed by atoms with Gasteiger partial charge in [0.05, 0.1) is 5.60 Å². The van der Waals surface area contributed by atoms with Gasteiger partial charge >= 0.3 is 0 Å². The number of hydrogen-bond donors (Lipinski definition) is 2. The highest BCUT2D eigenvalue weighted by Gasteiger charge is 2.26. The fourth-order valence-corrected chi connectivity index (χ4v) is 1.25. The lowest BCUT2D eigenvalue weighted by Crippen LogP contribution is -2.44. The minimum absolute atomic E-state index is 0.0793. The minimum Gasteiger partial charge on any atom is -0.388 e. The van der Waals surface area contributed by atoms with Crippen molar-refractivity contribution in [2.75, 3.05) is 6.54 Å². The third kappa shape index (κ3) is 3.70. The van der Waals surface area contributed by atoms with Gasteiger partial charge in [0.25, 0.3) is 5.91 Å². The van der Waals surface area contributed by atoms with E-state index in [1.165, 1.54) is 6.92 Å². The van der Waals surface area contributed by atoms with Gasteiger partial charge in [0.1, 0.15) is 0 Å². The lowest BCUT2D eigenvalue weighted by atomic mass is 9.92. The van der Waals surface area contributed by atoms with Crippen LogP contribution in [0.15, 0.2) is 12.1 Å². The van der Waals surface area contributed by atoms with Gasteiger partial charge in [-0.2, -0.15) is 0 Å². The van der Waals surface area contributed by atoms with Crippen molar-refractivity contribution in [2.45, 2.75) is 26.4 Å². The molecule has 0 aliphatic heterocycles. The van der Waals surface area contributed by atoms with Crippen LogP contribution in [-0.4, -0.2) is 23.2 Å². The van der Waals surface area contributed by atoms with Crippen molar-refractivity contribution < 1.29 is 23.1 Å². The predicted octanol–water partition coefficient (Wildman–Crippen LogP) is 2.24. The minimum atomic E-state index is -1.62. The molecule has 0 fully saturated rings. The molecule has 0 spiro atoms. The summed E-state index contributed by atoms with van der Waals surface area (Å²) >= 11 is 0. The van der Waals surface area contributed by atoms with Crippen LogP contribution < -0.4 is 5.32 Å². The van der Waals surface area contributed by atoms with Crippen molar-refractivity contribution in [3.05, 3.63) is 35.1 Å². The van der Waals surface area contributed by atoms with Gasteiger partial charge < -0.3 is 10.4 Å². The van der Waals surface area contributed by atoms with Crippen molar-refractivity contribution in [2.24, 2.45) is 5.92 Å². The number of nitrogens with one attached hydrogen (secondary N) is 1. The van der Waals surface area contributed by atoms with Crippen LogP contribution in [0.4, 0.5) is 13.2 Å². The van der Waals surface area contributed by atoms with Gasteiger partial charge in [-0.05, 0) is 25.0 Å². The van der Waals surface area contributed by atoms with Crippen LogP contribution in [0.1, 0.15) is 31.1 Å². The second-order valence-corrected chi connectivity index (χ2v) is 4.95. The molecule has 19 heavy (non-hydrogen) atoms. The molecule has 1 aromatic carbocycles. The Labute approximate surface area is 109 Å². The predicted molar refractivity (Wildman–Crippen MR) is 64.1 cm³/mol. The summed E-state index contributed by atoms with van der Waals surface area (Å²) in [6, 6.07) is 1.22. The van der Waals surface area contributed by atoms with E-state index in [2.05, 4.69) is 5.32 Å². The van der Waals surface area contributed by atoms with Gasteiger partial charge in [0, 0.05) is 12.1 Å². The molecule has 1 amide bonds. The maximum atomic E-state index is 13.0. The Hall–Kier alpha value is -1.56. The van der Waals surface area contributed by atoms with Gasteiger partial charge in [0.2, 0.25) is 0 Å². The fourth-order valence-electron chi connectivity index (χ4n) is 1.25. The molecule has 0 aliphatic rings. The third-order valence-corrected chi connectivity index (χ3v) is 3.10. The molecular weight excluding hydrogens is 259 g/mol. The number of benzene rings is 1. The Morgan fingerprint density at radius 2 is 1.79 bits per heavy atom. The van der Waals surface area contributed by atoms with E-state index in [0.717, 1.165) is 0 Å². The molecule has 1 rings (SSSR count). The van der Waals surface area contributed by atoms with E-state index in [1.807, 2.05) is 0 Å². The largest absolute Gasteiger partial charge is 0.388 e. The molecule has 6 heteroatoms. The summed E-state index contributed by atoms with van der Waals surface area (Å²) in [6.07, 6.45) is 0. The summed E-state index contributed by atoms with van der Waals surface area (Å²) in [6.45, 7) is 4.99. The molecule has 1 unspecified atom stereocenters. The van der Waals surface area contributed by atoms with Gasteiger partial charge in [-0.1, -0.05) is 13.8 Å². The number of carbonyl (C=O) groups excluding carboxylic acids is 1. The normalized spacial score (nSPS) is 14.3. The molecule has 106 valence electrons. The Bertz CT molecular complexity index is 464. The van der Waals surface area contributed by atoms with Crippen molar-refractivity contribution in [3.8, 4) is 0 Å². The number of rotatable bonds is 4. The van der Waals surface area contributed by atoms with Gasteiger partial charge in [-0.15, -0.1) is 0 Å². The zero-order chi connectivity index (χ0) is 14.8. The monoisotopic (exact) mass is 275 g/mol. The SMILES string of the molecule is CC(C)C(C)(O)CNC(=O)c1cc(F)c(F)c(F)c1. The standard InChI is InChI=1S/C13H16F3NO2/c1-7(2)13(3,19)6-17-12(18)8-4-9(14)11(16)10(15)5-8/h4-5,7,19H,6H2,1-3H3,(H,17,18). The second-order valence-electron chi connectivity index (χ2n) is 4.95.